The van der Waals surface area contributed by atoms with Crippen LogP contribution in [-0.2, 0) is 23.9 Å². The van der Waals surface area contributed by atoms with Gasteiger partial charge in [-0.2, -0.15) is 0 Å². The van der Waals surface area contributed by atoms with Gasteiger partial charge in [0.2, 0.25) is 0 Å². The van der Waals surface area contributed by atoms with Gasteiger partial charge in [-0.05, 0) is 41.9 Å². The second kappa shape index (κ2) is 8.17. The van der Waals surface area contributed by atoms with Gasteiger partial charge in [0.15, 0.2) is 11.9 Å². The van der Waals surface area contributed by atoms with Crippen LogP contribution in [-0.4, -0.2) is 46.7 Å². The van der Waals surface area contributed by atoms with Gasteiger partial charge in [-0.25, -0.2) is 4.79 Å². The number of aliphatic hydroxyl groups is 2. The third-order valence-corrected chi connectivity index (χ3v) is 9.11. The molecule has 2 N–H and O–H groups in total. The van der Waals surface area contributed by atoms with E-state index in [0.717, 1.165) is 0 Å². The van der Waals surface area contributed by atoms with E-state index in [1.165, 1.54) is 25.7 Å². The molecule has 1 saturated carbocycles. The quantitative estimate of drug-likeness (QED) is 0.491. The van der Waals surface area contributed by atoms with Crippen LogP contribution < -0.4 is 0 Å². The van der Waals surface area contributed by atoms with Crippen molar-refractivity contribution >= 4 is 17.7 Å². The van der Waals surface area contributed by atoms with Gasteiger partial charge in [0.05, 0.1) is 26.1 Å². The molecule has 0 spiro atoms. The van der Waals surface area contributed by atoms with E-state index in [1.807, 2.05) is 13.8 Å². The number of ether oxygens (including phenoxy) is 2. The summed E-state index contributed by atoms with van der Waals surface area (Å²) in [4.78, 5) is 38.0. The molecule has 2 heterocycles. The van der Waals surface area contributed by atoms with Gasteiger partial charge < -0.3 is 24.1 Å². The molecule has 4 rings (SSSR count). The van der Waals surface area contributed by atoms with Crippen molar-refractivity contribution in [2.75, 3.05) is 7.11 Å². The van der Waals surface area contributed by atoms with Crippen LogP contribution in [0.15, 0.2) is 47.3 Å². The van der Waals surface area contributed by atoms with E-state index < -0.39 is 57.8 Å². The van der Waals surface area contributed by atoms with E-state index in [0.29, 0.717) is 24.0 Å². The number of hydrogen-bond acceptors (Lipinski definition) is 8. The molecule has 2 fully saturated rings. The molecular weight excluding hydrogens is 452 g/mol. The molecular formula is C27H34O8. The van der Waals surface area contributed by atoms with Crippen LogP contribution in [0.3, 0.4) is 0 Å². The van der Waals surface area contributed by atoms with Gasteiger partial charge in [0.25, 0.3) is 0 Å². The molecule has 1 saturated heterocycles. The number of carbonyl (C=O) groups excluding carboxylic acids is 3. The molecule has 35 heavy (non-hydrogen) atoms. The Kier molecular flexibility index (Phi) is 5.92. The number of fused-ring (bicyclic) bond motifs is 1. The Morgan fingerprint density at radius 1 is 1.26 bits per heavy atom. The maximum atomic E-state index is 12.9. The molecule has 0 amide bonds. The lowest BCUT2D eigenvalue weighted by Gasteiger charge is -2.61. The fourth-order valence-electron chi connectivity index (χ4n) is 7.03. The van der Waals surface area contributed by atoms with Gasteiger partial charge in [-0.15, -0.1) is 0 Å². The summed E-state index contributed by atoms with van der Waals surface area (Å²) < 4.78 is 15.8. The summed E-state index contributed by atoms with van der Waals surface area (Å²) >= 11 is 0. The van der Waals surface area contributed by atoms with Crippen molar-refractivity contribution < 1.29 is 38.5 Å². The normalized spacial score (nSPS) is 39.5. The minimum atomic E-state index is -1.61. The smallest absolute Gasteiger partial charge is 0.335 e. The van der Waals surface area contributed by atoms with E-state index in [9.17, 15) is 24.6 Å². The van der Waals surface area contributed by atoms with E-state index in [1.54, 1.807) is 26.0 Å². The number of hydrogen-bond donors (Lipinski definition) is 2. The maximum Gasteiger partial charge on any atom is 0.335 e. The highest BCUT2D eigenvalue weighted by atomic mass is 16.6. The fourth-order valence-corrected chi connectivity index (χ4v) is 7.03. The lowest BCUT2D eigenvalue weighted by molar-refractivity contribution is -0.216. The van der Waals surface area contributed by atoms with Crippen molar-refractivity contribution in [2.45, 2.75) is 64.8 Å². The molecule has 0 bridgehead atoms. The Morgan fingerprint density at radius 3 is 2.54 bits per heavy atom. The maximum absolute atomic E-state index is 12.9. The molecule has 7 atom stereocenters. The molecule has 2 aliphatic carbocycles. The third-order valence-electron chi connectivity index (χ3n) is 9.11. The van der Waals surface area contributed by atoms with E-state index in [4.69, 9.17) is 13.9 Å². The first-order valence-electron chi connectivity index (χ1n) is 11.9. The molecule has 0 radical (unpaired) electrons. The van der Waals surface area contributed by atoms with Crippen LogP contribution in [0.5, 0.6) is 0 Å². The lowest BCUT2D eigenvalue weighted by Crippen LogP contribution is -2.63. The van der Waals surface area contributed by atoms with Crippen molar-refractivity contribution in [3.63, 3.8) is 0 Å². The second-order valence-corrected chi connectivity index (χ2v) is 11.2. The third kappa shape index (κ3) is 3.44. The minimum absolute atomic E-state index is 0.214. The molecule has 1 aromatic heterocycles. The Bertz CT molecular complexity index is 1080. The summed E-state index contributed by atoms with van der Waals surface area (Å²) in [5.74, 6) is -2.89. The first kappa shape index (κ1) is 25.4. The van der Waals surface area contributed by atoms with Gasteiger partial charge in [-0.1, -0.05) is 40.3 Å². The predicted molar refractivity (Wildman–Crippen MR) is 125 cm³/mol. The van der Waals surface area contributed by atoms with Crippen LogP contribution in [0.4, 0.5) is 0 Å². The zero-order chi connectivity index (χ0) is 26.0. The summed E-state index contributed by atoms with van der Waals surface area (Å²) in [6.45, 7) is 11.4. The average molecular weight is 487 g/mol. The number of aliphatic hydroxyl groups excluding tert-OH is 1. The van der Waals surface area contributed by atoms with Crippen molar-refractivity contribution in [1.29, 1.82) is 0 Å². The number of methoxy groups -OCH3 is 1. The summed E-state index contributed by atoms with van der Waals surface area (Å²) in [6, 6.07) is 1.71. The van der Waals surface area contributed by atoms with Crippen LogP contribution in [0.1, 0.15) is 58.6 Å². The number of rotatable bonds is 4. The highest BCUT2D eigenvalue weighted by Gasteiger charge is 2.66. The molecule has 8 heteroatoms. The minimum Gasteiger partial charge on any atom is -0.472 e. The van der Waals surface area contributed by atoms with Gasteiger partial charge in [0.1, 0.15) is 11.7 Å². The largest absolute Gasteiger partial charge is 0.472 e. The number of cyclic esters (lactones) is 1. The van der Waals surface area contributed by atoms with Crippen LogP contribution >= 0.6 is 0 Å². The summed E-state index contributed by atoms with van der Waals surface area (Å²) in [7, 11) is 1.19. The van der Waals surface area contributed by atoms with Crippen LogP contribution in [0, 0.1) is 28.1 Å². The van der Waals surface area contributed by atoms with Gasteiger partial charge in [-0.3, -0.25) is 9.59 Å². The number of allylic oxidation sites excluding steroid dienone is 2. The Hall–Kier alpha value is -2.71. The Morgan fingerprint density at radius 2 is 1.94 bits per heavy atom. The van der Waals surface area contributed by atoms with Crippen LogP contribution in [0.25, 0.3) is 0 Å². The summed E-state index contributed by atoms with van der Waals surface area (Å²) in [5.41, 5.74) is -3.45. The first-order chi connectivity index (χ1) is 16.2. The topological polar surface area (TPSA) is 123 Å². The van der Waals surface area contributed by atoms with Crippen LogP contribution in [0.2, 0.25) is 0 Å². The van der Waals surface area contributed by atoms with Crippen molar-refractivity contribution in [2.24, 2.45) is 28.1 Å². The second-order valence-electron chi connectivity index (χ2n) is 11.2. The molecule has 8 nitrogen and oxygen atoms in total. The molecule has 3 aliphatic rings. The molecule has 0 unspecified atom stereocenters. The zero-order valence-corrected chi connectivity index (χ0v) is 20.9. The number of carbonyl (C=O) groups is 3. The highest BCUT2D eigenvalue weighted by molar-refractivity contribution is 5.96. The molecule has 1 aromatic rings. The van der Waals surface area contributed by atoms with E-state index in [-0.39, 0.29) is 12.2 Å². The van der Waals surface area contributed by atoms with Gasteiger partial charge in [0, 0.05) is 22.3 Å². The number of furan rings is 1. The monoisotopic (exact) mass is 486 g/mol. The highest BCUT2D eigenvalue weighted by Crippen LogP contribution is 2.65. The molecule has 1 aliphatic heterocycles. The van der Waals surface area contributed by atoms with Crippen molar-refractivity contribution in [3.8, 4) is 0 Å². The summed E-state index contributed by atoms with van der Waals surface area (Å²) in [5, 5.41) is 23.2. The average Bonchev–Trinajstić information content (AvgIpc) is 3.32. The van der Waals surface area contributed by atoms with Gasteiger partial charge >= 0.3 is 11.9 Å². The fraction of sp³-hybridized carbons (Fsp3) is 0.593. The Labute approximate surface area is 205 Å². The van der Waals surface area contributed by atoms with E-state index >= 15 is 0 Å². The lowest BCUT2D eigenvalue weighted by atomic mass is 9.45. The molecule has 190 valence electrons. The zero-order valence-electron chi connectivity index (χ0n) is 20.9. The first-order valence-corrected chi connectivity index (χ1v) is 11.9. The molecule has 0 aromatic carbocycles. The number of esters is 2. The number of ketones is 1. The van der Waals surface area contributed by atoms with Crippen molar-refractivity contribution in [3.05, 3.63) is 48.5 Å². The Balaban J connectivity index is 1.81. The SMILES string of the molecule is C=C1[C@@H]([C@@]2(C)C=CC(=O)C(C)(C)[C@@H]2[C@@H](O)C(=O)OC)CC[C@@]2(C)[C@H](c3ccoc3)OC(=O)C[C@]12O. The summed E-state index contributed by atoms with van der Waals surface area (Å²) in [6.07, 6.45) is 4.63. The van der Waals surface area contributed by atoms with Crippen molar-refractivity contribution in [1.82, 2.24) is 0 Å². The van der Waals surface area contributed by atoms with E-state index in [2.05, 4.69) is 6.58 Å². The predicted octanol–water partition coefficient (Wildman–Crippen LogP) is 3.29. The standard InChI is InChI=1S/C27H34O8/c1-15-17(25(4)10-8-18(28)24(2,3)21(25)20(30)23(31)33-6)7-11-26(5)22(16-9-12-34-14-16)35-19(29)13-27(15,26)32/h8-10,12,14,17,20-22,30,32H,1,7,11,13H2,2-6H3/t17-,20+,21-,22-,25+,26-,27-/m0/s1.